The van der Waals surface area contributed by atoms with Crippen molar-refractivity contribution in [2.75, 3.05) is 26.4 Å². The van der Waals surface area contributed by atoms with E-state index in [1.54, 1.807) is 30.5 Å². The van der Waals surface area contributed by atoms with Crippen LogP contribution in [0.4, 0.5) is 0 Å². The van der Waals surface area contributed by atoms with Crippen LogP contribution >= 0.6 is 11.6 Å². The highest BCUT2D eigenvalue weighted by Gasteiger charge is 2.20. The lowest BCUT2D eigenvalue weighted by Crippen LogP contribution is -2.26. The maximum Gasteiger partial charge on any atom is 0.263 e. The van der Waals surface area contributed by atoms with Crippen LogP contribution in [0.5, 0.6) is 17.4 Å². The smallest absolute Gasteiger partial charge is 0.263 e. The summed E-state index contributed by atoms with van der Waals surface area (Å²) in [5, 5.41) is 15.7. The van der Waals surface area contributed by atoms with E-state index >= 15 is 0 Å². The second-order valence-electron chi connectivity index (χ2n) is 8.72. The number of amides is 1. The molecule has 1 aliphatic carbocycles. The number of aromatic nitrogens is 3. The van der Waals surface area contributed by atoms with Crippen molar-refractivity contribution in [3.63, 3.8) is 0 Å². The van der Waals surface area contributed by atoms with Gasteiger partial charge in [0.15, 0.2) is 6.61 Å². The minimum absolute atomic E-state index is 0.0379. The van der Waals surface area contributed by atoms with Gasteiger partial charge >= 0.3 is 0 Å². The van der Waals surface area contributed by atoms with Crippen molar-refractivity contribution in [2.45, 2.75) is 45.1 Å². The van der Waals surface area contributed by atoms with Gasteiger partial charge in [-0.2, -0.15) is 4.98 Å². The number of aliphatic hydroxyl groups is 1. The van der Waals surface area contributed by atoms with Crippen molar-refractivity contribution in [3.8, 4) is 28.8 Å². The highest BCUT2D eigenvalue weighted by atomic mass is 35.5. The quantitative estimate of drug-likeness (QED) is 0.294. The zero-order valence-electron chi connectivity index (χ0n) is 20.5. The molecule has 1 fully saturated rings. The van der Waals surface area contributed by atoms with Crippen LogP contribution in [0.3, 0.4) is 0 Å². The van der Waals surface area contributed by atoms with Crippen LogP contribution in [-0.4, -0.2) is 52.5 Å². The molecule has 10 nitrogen and oxygen atoms in total. The van der Waals surface area contributed by atoms with Crippen LogP contribution in [-0.2, 0) is 11.4 Å². The molecule has 1 saturated carbocycles. The van der Waals surface area contributed by atoms with Gasteiger partial charge in [0.25, 0.3) is 5.89 Å². The summed E-state index contributed by atoms with van der Waals surface area (Å²) in [6, 6.07) is 8.83. The van der Waals surface area contributed by atoms with Crippen LogP contribution in [0.1, 0.15) is 44.3 Å². The van der Waals surface area contributed by atoms with Crippen LogP contribution in [0.2, 0.25) is 5.02 Å². The molecule has 1 amide bonds. The van der Waals surface area contributed by atoms with Crippen LogP contribution in [0.25, 0.3) is 11.5 Å². The van der Waals surface area contributed by atoms with Crippen molar-refractivity contribution in [3.05, 3.63) is 47.4 Å². The lowest BCUT2D eigenvalue weighted by Gasteiger charge is -2.12. The van der Waals surface area contributed by atoms with Crippen molar-refractivity contribution >= 4 is 17.5 Å². The normalized spacial score (nSPS) is 13.5. The van der Waals surface area contributed by atoms with Gasteiger partial charge in [0.05, 0.1) is 19.8 Å². The van der Waals surface area contributed by atoms with Crippen molar-refractivity contribution in [1.82, 2.24) is 20.4 Å². The summed E-state index contributed by atoms with van der Waals surface area (Å²) in [5.74, 6) is 2.40. The zero-order chi connectivity index (χ0) is 25.9. The fourth-order valence-corrected chi connectivity index (χ4v) is 4.25. The third-order valence-electron chi connectivity index (χ3n) is 5.92. The standard InChI is InChI=1S/C26H31ClN4O6/c27-24-20(34-15-5-11-23(33)28-13-14-32)9-3-10-21(24)35-17-22-30-26(37-31-22)19-8-4-12-29-25(19)36-16-18-6-1-2-7-18/h3-4,8-10,12,18,32H,1-2,5-7,11,13-17H2,(H,28,33). The predicted octanol–water partition coefficient (Wildman–Crippen LogP) is 4.20. The number of rotatable bonds is 14. The molecule has 1 aromatic carbocycles. The number of aliphatic hydroxyl groups excluding tert-OH is 1. The Morgan fingerprint density at radius 1 is 1.14 bits per heavy atom. The second-order valence-corrected chi connectivity index (χ2v) is 9.09. The molecule has 0 spiro atoms. The molecular weight excluding hydrogens is 500 g/mol. The number of nitrogens with zero attached hydrogens (tertiary/aromatic N) is 3. The van der Waals surface area contributed by atoms with Gasteiger partial charge in [0, 0.05) is 19.2 Å². The molecule has 1 aliphatic rings. The minimum Gasteiger partial charge on any atom is -0.492 e. The number of carbonyl (C=O) groups excluding carboxylic acids is 1. The van der Waals surface area contributed by atoms with E-state index in [0.29, 0.717) is 65.2 Å². The maximum atomic E-state index is 11.6. The summed E-state index contributed by atoms with van der Waals surface area (Å²) in [5.41, 5.74) is 0.637. The molecular formula is C26H31ClN4O6. The molecule has 4 rings (SSSR count). The number of hydrogen-bond acceptors (Lipinski definition) is 9. The SMILES string of the molecule is O=C(CCCOc1cccc(OCc2noc(-c3cccnc3OCC3CCCC3)n2)c1Cl)NCCO. The third-order valence-corrected chi connectivity index (χ3v) is 6.30. The molecule has 0 unspecified atom stereocenters. The monoisotopic (exact) mass is 530 g/mol. The Hall–Kier alpha value is -3.37. The van der Waals surface area contributed by atoms with Gasteiger partial charge in [-0.15, -0.1) is 0 Å². The number of hydrogen-bond donors (Lipinski definition) is 2. The number of ether oxygens (including phenoxy) is 3. The third kappa shape index (κ3) is 7.80. The van der Waals surface area contributed by atoms with Crippen molar-refractivity contribution in [1.29, 1.82) is 0 Å². The first-order valence-corrected chi connectivity index (χ1v) is 12.8. The second kappa shape index (κ2) is 13.8. The molecule has 0 atom stereocenters. The highest BCUT2D eigenvalue weighted by molar-refractivity contribution is 6.33. The van der Waals surface area contributed by atoms with E-state index in [2.05, 4.69) is 20.4 Å². The molecule has 0 saturated heterocycles. The van der Waals surface area contributed by atoms with Crippen LogP contribution in [0, 0.1) is 5.92 Å². The Kier molecular flexibility index (Phi) is 9.96. The minimum atomic E-state index is -0.140. The van der Waals surface area contributed by atoms with Gasteiger partial charge < -0.3 is 29.2 Å². The summed E-state index contributed by atoms with van der Waals surface area (Å²) in [6.45, 7) is 1.12. The van der Waals surface area contributed by atoms with E-state index in [1.165, 1.54) is 25.7 Å². The van der Waals surface area contributed by atoms with E-state index in [1.807, 2.05) is 6.07 Å². The van der Waals surface area contributed by atoms with E-state index in [0.717, 1.165) is 0 Å². The number of nitrogens with one attached hydrogen (secondary N) is 1. The Morgan fingerprint density at radius 3 is 2.76 bits per heavy atom. The summed E-state index contributed by atoms with van der Waals surface area (Å²) >= 11 is 6.45. The Balaban J connectivity index is 1.30. The zero-order valence-corrected chi connectivity index (χ0v) is 21.3. The molecule has 2 N–H and O–H groups in total. The number of carbonyl (C=O) groups is 1. The van der Waals surface area contributed by atoms with Gasteiger partial charge in [0.1, 0.15) is 22.1 Å². The van der Waals surface area contributed by atoms with E-state index in [4.69, 9.17) is 35.4 Å². The van der Waals surface area contributed by atoms with Gasteiger partial charge in [-0.3, -0.25) is 4.79 Å². The number of halogens is 1. The lowest BCUT2D eigenvalue weighted by atomic mass is 10.1. The fraction of sp³-hybridized carbons (Fsp3) is 0.462. The summed E-state index contributed by atoms with van der Waals surface area (Å²) in [6.07, 6.45) is 7.34. The van der Waals surface area contributed by atoms with Gasteiger partial charge in [-0.1, -0.05) is 35.7 Å². The maximum absolute atomic E-state index is 11.6. The molecule has 2 heterocycles. The number of pyridine rings is 1. The molecule has 0 aliphatic heterocycles. The summed E-state index contributed by atoms with van der Waals surface area (Å²) in [7, 11) is 0. The largest absolute Gasteiger partial charge is 0.492 e. The Morgan fingerprint density at radius 2 is 1.95 bits per heavy atom. The summed E-state index contributed by atoms with van der Waals surface area (Å²) in [4.78, 5) is 20.4. The van der Waals surface area contributed by atoms with Crippen molar-refractivity contribution in [2.24, 2.45) is 5.92 Å². The predicted molar refractivity (Wildman–Crippen MR) is 136 cm³/mol. The first-order chi connectivity index (χ1) is 18.1. The molecule has 37 heavy (non-hydrogen) atoms. The fourth-order valence-electron chi connectivity index (χ4n) is 4.02. The Bertz CT molecular complexity index is 1150. The van der Waals surface area contributed by atoms with Crippen molar-refractivity contribution < 1.29 is 28.6 Å². The van der Waals surface area contributed by atoms with E-state index in [-0.39, 0.29) is 32.1 Å². The first-order valence-electron chi connectivity index (χ1n) is 12.5. The lowest BCUT2D eigenvalue weighted by molar-refractivity contribution is -0.121. The highest BCUT2D eigenvalue weighted by Crippen LogP contribution is 2.35. The molecule has 0 bridgehead atoms. The van der Waals surface area contributed by atoms with E-state index in [9.17, 15) is 4.79 Å². The molecule has 0 radical (unpaired) electrons. The molecule has 3 aromatic rings. The van der Waals surface area contributed by atoms with Gasteiger partial charge in [0.2, 0.25) is 17.6 Å². The first kappa shape index (κ1) is 26.7. The number of benzene rings is 1. The van der Waals surface area contributed by atoms with Gasteiger partial charge in [-0.05, 0) is 49.4 Å². The molecule has 198 valence electrons. The summed E-state index contributed by atoms with van der Waals surface area (Å²) < 4.78 is 23.0. The van der Waals surface area contributed by atoms with E-state index < -0.39 is 0 Å². The molecule has 11 heteroatoms. The van der Waals surface area contributed by atoms with Gasteiger partial charge in [-0.25, -0.2) is 4.98 Å². The molecule has 2 aromatic heterocycles. The van der Waals surface area contributed by atoms with Crippen LogP contribution < -0.4 is 19.5 Å². The topological polar surface area (TPSA) is 129 Å². The van der Waals surface area contributed by atoms with Crippen LogP contribution in [0.15, 0.2) is 41.1 Å². The average molecular weight is 531 g/mol. The Labute approximate surface area is 220 Å². The average Bonchev–Trinajstić information content (AvgIpc) is 3.61.